The third-order valence-corrected chi connectivity index (χ3v) is 5.11. The monoisotopic (exact) mass is 304 g/mol. The first-order chi connectivity index (χ1) is 8.96. The minimum Gasteiger partial charge on any atom is -0.316 e. The van der Waals surface area contributed by atoms with E-state index in [1.54, 1.807) is 11.3 Å². The minimum atomic E-state index is -3.24. The lowest BCUT2D eigenvalue weighted by Crippen LogP contribution is -2.36. The van der Waals surface area contributed by atoms with Gasteiger partial charge in [-0.2, -0.15) is 0 Å². The van der Waals surface area contributed by atoms with Gasteiger partial charge >= 0.3 is 0 Å². The van der Waals surface area contributed by atoms with Gasteiger partial charge in [-0.1, -0.05) is 26.8 Å². The molecule has 0 aliphatic rings. The molecule has 6 heteroatoms. The number of nitrogens with one attached hydrogen (secondary N) is 2. The van der Waals surface area contributed by atoms with Crippen molar-refractivity contribution >= 4 is 21.4 Å². The molecule has 0 saturated carbocycles. The van der Waals surface area contributed by atoms with E-state index in [0.717, 1.165) is 17.8 Å². The number of hydrogen-bond donors (Lipinski definition) is 2. The highest BCUT2D eigenvalue weighted by atomic mass is 32.2. The fourth-order valence-corrected chi connectivity index (χ4v) is 4.09. The summed E-state index contributed by atoms with van der Waals surface area (Å²) in [5.74, 6) is 0.360. The van der Waals surface area contributed by atoms with Crippen molar-refractivity contribution in [3.8, 4) is 0 Å². The van der Waals surface area contributed by atoms with E-state index in [9.17, 15) is 8.42 Å². The second-order valence-electron chi connectivity index (χ2n) is 4.92. The zero-order valence-electron chi connectivity index (χ0n) is 11.8. The molecule has 4 nitrogen and oxygen atoms in total. The second kappa shape index (κ2) is 7.99. The summed E-state index contributed by atoms with van der Waals surface area (Å²) in [5, 5.41) is 5.09. The Kier molecular flexibility index (Phi) is 6.99. The SMILES string of the molecule is CCCNCCS(=O)(=O)NC(c1cccs1)C(C)C. The maximum absolute atomic E-state index is 12.1. The van der Waals surface area contributed by atoms with E-state index in [0.29, 0.717) is 6.54 Å². The van der Waals surface area contributed by atoms with Gasteiger partial charge in [0, 0.05) is 11.4 Å². The van der Waals surface area contributed by atoms with Crippen LogP contribution < -0.4 is 10.0 Å². The average Bonchev–Trinajstić information content (AvgIpc) is 2.85. The number of rotatable bonds is 9. The van der Waals surface area contributed by atoms with Crippen LogP contribution >= 0.6 is 11.3 Å². The normalized spacial score (nSPS) is 13.9. The van der Waals surface area contributed by atoms with E-state index in [4.69, 9.17) is 0 Å². The fraction of sp³-hybridized carbons (Fsp3) is 0.692. The standard InChI is InChI=1S/C13H24N2O2S2/c1-4-7-14-8-10-19(16,17)15-13(11(2)3)12-6-5-9-18-12/h5-6,9,11,13-15H,4,7-8,10H2,1-3H3. The van der Waals surface area contributed by atoms with Gasteiger partial charge in [-0.3, -0.25) is 0 Å². The maximum Gasteiger partial charge on any atom is 0.213 e. The first kappa shape index (κ1) is 16.6. The molecule has 0 radical (unpaired) electrons. The Balaban J connectivity index is 2.58. The van der Waals surface area contributed by atoms with Crippen molar-refractivity contribution in [2.45, 2.75) is 33.2 Å². The van der Waals surface area contributed by atoms with Crippen molar-refractivity contribution < 1.29 is 8.42 Å². The van der Waals surface area contributed by atoms with Gasteiger partial charge in [-0.05, 0) is 30.3 Å². The number of hydrogen-bond acceptors (Lipinski definition) is 4. The summed E-state index contributed by atoms with van der Waals surface area (Å²) in [6.45, 7) is 7.47. The van der Waals surface area contributed by atoms with E-state index in [2.05, 4.69) is 17.0 Å². The van der Waals surface area contributed by atoms with Crippen LogP contribution in [0.3, 0.4) is 0 Å². The van der Waals surface area contributed by atoms with Crippen LogP contribution in [0.15, 0.2) is 17.5 Å². The Morgan fingerprint density at radius 2 is 2.05 bits per heavy atom. The molecule has 110 valence electrons. The summed E-state index contributed by atoms with van der Waals surface area (Å²) in [7, 11) is -3.24. The second-order valence-corrected chi connectivity index (χ2v) is 7.78. The molecule has 0 spiro atoms. The summed E-state index contributed by atoms with van der Waals surface area (Å²) in [6.07, 6.45) is 1.01. The highest BCUT2D eigenvalue weighted by molar-refractivity contribution is 7.89. The zero-order valence-corrected chi connectivity index (χ0v) is 13.5. The van der Waals surface area contributed by atoms with Gasteiger partial charge in [0.25, 0.3) is 0 Å². The molecule has 0 bridgehead atoms. The fourth-order valence-electron chi connectivity index (χ4n) is 1.75. The van der Waals surface area contributed by atoms with Crippen LogP contribution in [0.5, 0.6) is 0 Å². The Morgan fingerprint density at radius 3 is 2.58 bits per heavy atom. The van der Waals surface area contributed by atoms with Crippen LogP contribution in [-0.2, 0) is 10.0 Å². The summed E-state index contributed by atoms with van der Waals surface area (Å²) in [4.78, 5) is 1.07. The quantitative estimate of drug-likeness (QED) is 0.689. The lowest BCUT2D eigenvalue weighted by molar-refractivity contribution is 0.468. The van der Waals surface area contributed by atoms with E-state index in [-0.39, 0.29) is 17.7 Å². The molecular formula is C13H24N2O2S2. The maximum atomic E-state index is 12.1. The largest absolute Gasteiger partial charge is 0.316 e. The van der Waals surface area contributed by atoms with E-state index >= 15 is 0 Å². The molecule has 1 atom stereocenters. The predicted molar refractivity (Wildman–Crippen MR) is 82.0 cm³/mol. The Bertz CT molecular complexity index is 441. The van der Waals surface area contributed by atoms with Crippen molar-refractivity contribution in [1.82, 2.24) is 10.0 Å². The molecular weight excluding hydrogens is 280 g/mol. The van der Waals surface area contributed by atoms with E-state index in [1.807, 2.05) is 31.4 Å². The molecule has 1 aromatic rings. The molecule has 19 heavy (non-hydrogen) atoms. The first-order valence-electron chi connectivity index (χ1n) is 6.70. The molecule has 0 aliphatic heterocycles. The van der Waals surface area contributed by atoms with Gasteiger partial charge in [0.1, 0.15) is 0 Å². The summed E-state index contributed by atoms with van der Waals surface area (Å²) < 4.78 is 26.9. The van der Waals surface area contributed by atoms with Crippen molar-refractivity contribution in [1.29, 1.82) is 0 Å². The van der Waals surface area contributed by atoms with Crippen LogP contribution in [-0.4, -0.2) is 27.3 Å². The third-order valence-electron chi connectivity index (χ3n) is 2.80. The van der Waals surface area contributed by atoms with Crippen LogP contribution in [0, 0.1) is 5.92 Å². The average molecular weight is 304 g/mol. The van der Waals surface area contributed by atoms with Crippen molar-refractivity contribution in [3.63, 3.8) is 0 Å². The Labute approximate surface area is 120 Å². The Hall–Kier alpha value is -0.430. The van der Waals surface area contributed by atoms with Gasteiger partial charge in [0.2, 0.25) is 10.0 Å². The molecule has 0 saturated heterocycles. The number of sulfonamides is 1. The van der Waals surface area contributed by atoms with Crippen molar-refractivity contribution in [2.24, 2.45) is 5.92 Å². The van der Waals surface area contributed by atoms with Crippen molar-refractivity contribution in [3.05, 3.63) is 22.4 Å². The summed E-state index contributed by atoms with van der Waals surface area (Å²) in [6, 6.07) is 3.80. The van der Waals surface area contributed by atoms with Gasteiger partial charge in [-0.25, -0.2) is 13.1 Å². The van der Waals surface area contributed by atoms with Crippen LogP contribution in [0.25, 0.3) is 0 Å². The molecule has 1 aromatic heterocycles. The topological polar surface area (TPSA) is 58.2 Å². The minimum absolute atomic E-state index is 0.127. The molecule has 1 rings (SSSR count). The van der Waals surface area contributed by atoms with Crippen LogP contribution in [0.4, 0.5) is 0 Å². The van der Waals surface area contributed by atoms with Crippen LogP contribution in [0.2, 0.25) is 0 Å². The molecule has 0 amide bonds. The highest BCUT2D eigenvalue weighted by Gasteiger charge is 2.22. The molecule has 0 aliphatic carbocycles. The van der Waals surface area contributed by atoms with Gasteiger partial charge in [-0.15, -0.1) is 11.3 Å². The van der Waals surface area contributed by atoms with E-state index < -0.39 is 10.0 Å². The lowest BCUT2D eigenvalue weighted by atomic mass is 10.0. The summed E-state index contributed by atoms with van der Waals surface area (Å²) in [5.41, 5.74) is 0. The molecule has 2 N–H and O–H groups in total. The first-order valence-corrected chi connectivity index (χ1v) is 9.23. The summed E-state index contributed by atoms with van der Waals surface area (Å²) >= 11 is 1.59. The molecule has 0 aromatic carbocycles. The third kappa shape index (κ3) is 6.03. The van der Waals surface area contributed by atoms with E-state index in [1.165, 1.54) is 0 Å². The lowest BCUT2D eigenvalue weighted by Gasteiger charge is -2.21. The van der Waals surface area contributed by atoms with Gasteiger partial charge < -0.3 is 5.32 Å². The zero-order chi connectivity index (χ0) is 14.3. The number of thiophene rings is 1. The smallest absolute Gasteiger partial charge is 0.213 e. The van der Waals surface area contributed by atoms with Gasteiger partial charge in [0.15, 0.2) is 0 Å². The van der Waals surface area contributed by atoms with Crippen molar-refractivity contribution in [2.75, 3.05) is 18.8 Å². The molecule has 0 fully saturated rings. The van der Waals surface area contributed by atoms with Crippen LogP contribution in [0.1, 0.15) is 38.1 Å². The predicted octanol–water partition coefficient (Wildman–Crippen LogP) is 2.36. The molecule has 1 heterocycles. The highest BCUT2D eigenvalue weighted by Crippen LogP contribution is 2.26. The molecule has 1 unspecified atom stereocenters. The van der Waals surface area contributed by atoms with Gasteiger partial charge in [0.05, 0.1) is 11.8 Å². The Morgan fingerprint density at radius 1 is 1.32 bits per heavy atom.